The Labute approximate surface area is 137 Å². The molecule has 0 saturated carbocycles. The van der Waals surface area contributed by atoms with Crippen molar-refractivity contribution < 1.29 is 9.59 Å². The van der Waals surface area contributed by atoms with Crippen LogP contribution in [0.3, 0.4) is 0 Å². The van der Waals surface area contributed by atoms with Crippen molar-refractivity contribution in [3.05, 3.63) is 29.3 Å². The molecule has 1 heterocycles. The molecular formula is C16H24ClN3O2. The second-order valence-electron chi connectivity index (χ2n) is 6.72. The van der Waals surface area contributed by atoms with Gasteiger partial charge in [-0.15, -0.1) is 12.4 Å². The van der Waals surface area contributed by atoms with Crippen molar-refractivity contribution in [2.75, 3.05) is 5.32 Å². The van der Waals surface area contributed by atoms with Gasteiger partial charge in [-0.25, -0.2) is 0 Å². The van der Waals surface area contributed by atoms with Crippen molar-refractivity contribution in [1.29, 1.82) is 0 Å². The largest absolute Gasteiger partial charge is 0.348 e. The zero-order valence-corrected chi connectivity index (χ0v) is 14.2. The number of halogens is 1. The smallest absolute Gasteiger partial charge is 0.237 e. The second kappa shape index (κ2) is 6.67. The van der Waals surface area contributed by atoms with E-state index in [4.69, 9.17) is 5.73 Å². The molecule has 2 atom stereocenters. The average Bonchev–Trinajstić information content (AvgIpc) is 2.75. The molecule has 4 N–H and O–H groups in total. The SMILES string of the molecule is CC(NC(=O)[C@@H](N)C(C)(C)C)c1ccc2c(c1)CC(=O)N2.Cl. The number of fused-ring (bicyclic) bond motifs is 1. The van der Waals surface area contributed by atoms with Gasteiger partial charge in [0, 0.05) is 5.69 Å². The van der Waals surface area contributed by atoms with E-state index in [2.05, 4.69) is 10.6 Å². The third kappa shape index (κ3) is 3.99. The highest BCUT2D eigenvalue weighted by atomic mass is 35.5. The molecule has 1 aromatic rings. The number of carbonyl (C=O) groups excluding carboxylic acids is 2. The molecule has 1 aliphatic heterocycles. The van der Waals surface area contributed by atoms with E-state index in [0.717, 1.165) is 16.8 Å². The van der Waals surface area contributed by atoms with Gasteiger partial charge >= 0.3 is 0 Å². The van der Waals surface area contributed by atoms with Gasteiger partial charge in [0.05, 0.1) is 18.5 Å². The van der Waals surface area contributed by atoms with Crippen LogP contribution in [0.4, 0.5) is 5.69 Å². The highest BCUT2D eigenvalue weighted by Crippen LogP contribution is 2.26. The number of nitrogens with two attached hydrogens (primary N) is 1. The van der Waals surface area contributed by atoms with E-state index in [-0.39, 0.29) is 35.7 Å². The van der Waals surface area contributed by atoms with Crippen LogP contribution in [-0.2, 0) is 16.0 Å². The molecule has 6 heteroatoms. The minimum atomic E-state index is -0.558. The maximum atomic E-state index is 12.2. The molecule has 0 bridgehead atoms. The van der Waals surface area contributed by atoms with E-state index in [0.29, 0.717) is 6.42 Å². The van der Waals surface area contributed by atoms with E-state index >= 15 is 0 Å². The van der Waals surface area contributed by atoms with Crippen molar-refractivity contribution in [1.82, 2.24) is 5.32 Å². The van der Waals surface area contributed by atoms with Crippen molar-refractivity contribution in [2.24, 2.45) is 11.1 Å². The topological polar surface area (TPSA) is 84.2 Å². The summed E-state index contributed by atoms with van der Waals surface area (Å²) in [6, 6.07) is 5.05. The Balaban J connectivity index is 0.00000242. The molecule has 2 rings (SSSR count). The molecular weight excluding hydrogens is 302 g/mol. The van der Waals surface area contributed by atoms with Gasteiger partial charge in [0.2, 0.25) is 11.8 Å². The number of benzene rings is 1. The van der Waals surface area contributed by atoms with Crippen LogP contribution in [0.2, 0.25) is 0 Å². The second-order valence-corrected chi connectivity index (χ2v) is 6.72. The summed E-state index contributed by atoms with van der Waals surface area (Å²) >= 11 is 0. The van der Waals surface area contributed by atoms with Crippen LogP contribution in [0.25, 0.3) is 0 Å². The predicted octanol–water partition coefficient (Wildman–Crippen LogP) is 2.15. The van der Waals surface area contributed by atoms with Gasteiger partial charge in [-0.3, -0.25) is 9.59 Å². The first kappa shape index (κ1) is 18.5. The molecule has 0 aromatic heterocycles. The van der Waals surface area contributed by atoms with Crippen molar-refractivity contribution in [2.45, 2.75) is 46.2 Å². The fourth-order valence-corrected chi connectivity index (χ4v) is 2.30. The lowest BCUT2D eigenvalue weighted by molar-refractivity contribution is -0.125. The Bertz CT molecular complexity index is 581. The molecule has 22 heavy (non-hydrogen) atoms. The predicted molar refractivity (Wildman–Crippen MR) is 90.0 cm³/mol. The number of nitrogens with one attached hydrogen (secondary N) is 2. The fraction of sp³-hybridized carbons (Fsp3) is 0.500. The molecule has 1 aromatic carbocycles. The highest BCUT2D eigenvalue weighted by Gasteiger charge is 2.28. The zero-order valence-electron chi connectivity index (χ0n) is 13.4. The fourth-order valence-electron chi connectivity index (χ4n) is 2.30. The standard InChI is InChI=1S/C16H23N3O2.ClH/c1-9(18-15(21)14(17)16(2,3)4)10-5-6-12-11(7-10)8-13(20)19-12;/h5-7,9,14H,8,17H2,1-4H3,(H,18,21)(H,19,20);1H/t9?,14-;/m1./s1. The maximum Gasteiger partial charge on any atom is 0.237 e. The number of carbonyl (C=O) groups is 2. The summed E-state index contributed by atoms with van der Waals surface area (Å²) < 4.78 is 0. The molecule has 0 aliphatic carbocycles. The summed E-state index contributed by atoms with van der Waals surface area (Å²) in [6.07, 6.45) is 0.394. The van der Waals surface area contributed by atoms with Crippen LogP contribution in [0, 0.1) is 5.41 Å². The summed E-state index contributed by atoms with van der Waals surface area (Å²) in [7, 11) is 0. The summed E-state index contributed by atoms with van der Waals surface area (Å²) in [4.78, 5) is 23.5. The molecule has 1 unspecified atom stereocenters. The van der Waals surface area contributed by atoms with Crippen LogP contribution < -0.4 is 16.4 Å². The van der Waals surface area contributed by atoms with E-state index in [1.165, 1.54) is 0 Å². The van der Waals surface area contributed by atoms with Gasteiger partial charge in [0.15, 0.2) is 0 Å². The minimum Gasteiger partial charge on any atom is -0.348 e. The van der Waals surface area contributed by atoms with Gasteiger partial charge in [-0.05, 0) is 29.5 Å². The van der Waals surface area contributed by atoms with Crippen LogP contribution >= 0.6 is 12.4 Å². The Kier molecular flexibility index (Phi) is 5.59. The van der Waals surface area contributed by atoms with E-state index in [1.807, 2.05) is 45.9 Å². The monoisotopic (exact) mass is 325 g/mol. The Morgan fingerprint density at radius 1 is 1.36 bits per heavy atom. The Morgan fingerprint density at radius 3 is 2.59 bits per heavy atom. The molecule has 0 fully saturated rings. The molecule has 0 spiro atoms. The highest BCUT2D eigenvalue weighted by molar-refractivity contribution is 5.99. The summed E-state index contributed by atoms with van der Waals surface area (Å²) in [5, 5.41) is 5.73. The lowest BCUT2D eigenvalue weighted by Gasteiger charge is -2.27. The summed E-state index contributed by atoms with van der Waals surface area (Å²) in [6.45, 7) is 7.73. The number of hydrogen-bond acceptors (Lipinski definition) is 3. The lowest BCUT2D eigenvalue weighted by Crippen LogP contribution is -2.49. The van der Waals surface area contributed by atoms with Crippen LogP contribution in [0.5, 0.6) is 0 Å². The van der Waals surface area contributed by atoms with Gasteiger partial charge < -0.3 is 16.4 Å². The zero-order chi connectivity index (χ0) is 15.8. The van der Waals surface area contributed by atoms with Crippen molar-refractivity contribution >= 4 is 29.9 Å². The normalized spacial score (nSPS) is 16.1. The molecule has 122 valence electrons. The number of rotatable bonds is 3. The van der Waals surface area contributed by atoms with E-state index in [9.17, 15) is 9.59 Å². The third-order valence-electron chi connectivity index (χ3n) is 3.83. The van der Waals surface area contributed by atoms with Crippen molar-refractivity contribution in [3.63, 3.8) is 0 Å². The first-order valence-electron chi connectivity index (χ1n) is 7.17. The average molecular weight is 326 g/mol. The lowest BCUT2D eigenvalue weighted by atomic mass is 9.86. The van der Waals surface area contributed by atoms with E-state index in [1.54, 1.807) is 0 Å². The first-order chi connectivity index (χ1) is 9.68. The maximum absolute atomic E-state index is 12.2. The van der Waals surface area contributed by atoms with Crippen LogP contribution in [-0.4, -0.2) is 17.9 Å². The molecule has 0 saturated heterocycles. The molecule has 2 amide bonds. The molecule has 0 radical (unpaired) electrons. The van der Waals surface area contributed by atoms with Gasteiger partial charge in [-0.2, -0.15) is 0 Å². The van der Waals surface area contributed by atoms with Crippen molar-refractivity contribution in [3.8, 4) is 0 Å². The minimum absolute atomic E-state index is 0. The Hall–Kier alpha value is -1.59. The van der Waals surface area contributed by atoms with E-state index < -0.39 is 6.04 Å². The third-order valence-corrected chi connectivity index (χ3v) is 3.83. The van der Waals surface area contributed by atoms with Gasteiger partial charge in [0.1, 0.15) is 0 Å². The summed E-state index contributed by atoms with van der Waals surface area (Å²) in [5.41, 5.74) is 8.48. The Morgan fingerprint density at radius 2 is 2.00 bits per heavy atom. The molecule has 1 aliphatic rings. The number of hydrogen-bond donors (Lipinski definition) is 3. The first-order valence-corrected chi connectivity index (χ1v) is 7.17. The van der Waals surface area contributed by atoms with Gasteiger partial charge in [0.25, 0.3) is 0 Å². The number of anilines is 1. The quantitative estimate of drug-likeness (QED) is 0.796. The summed E-state index contributed by atoms with van der Waals surface area (Å²) in [5.74, 6) is -0.154. The number of amides is 2. The van der Waals surface area contributed by atoms with Crippen LogP contribution in [0.15, 0.2) is 18.2 Å². The van der Waals surface area contributed by atoms with Gasteiger partial charge in [-0.1, -0.05) is 32.9 Å². The van der Waals surface area contributed by atoms with Crippen LogP contribution in [0.1, 0.15) is 44.9 Å². The molecule has 5 nitrogen and oxygen atoms in total.